The summed E-state index contributed by atoms with van der Waals surface area (Å²) in [6.45, 7) is 20.6. The van der Waals surface area contributed by atoms with Gasteiger partial charge in [0.1, 0.15) is 36.9 Å². The Hall–Kier alpha value is -1.69. The lowest BCUT2D eigenvalue weighted by Gasteiger charge is -2.26. The second kappa shape index (κ2) is 9.16. The van der Waals surface area contributed by atoms with Gasteiger partial charge in [0.25, 0.3) is 0 Å². The van der Waals surface area contributed by atoms with Gasteiger partial charge in [-0.05, 0) is 60.1 Å². The first-order chi connectivity index (χ1) is 15.4. The van der Waals surface area contributed by atoms with Crippen LogP contribution >= 0.6 is 11.8 Å². The molecule has 2 aliphatic heterocycles. The highest BCUT2D eigenvalue weighted by Crippen LogP contribution is 2.43. The Morgan fingerprint density at radius 1 is 0.727 bits per heavy atom. The maximum atomic E-state index is 6.17. The van der Waals surface area contributed by atoms with E-state index < -0.39 is 0 Å². The van der Waals surface area contributed by atoms with E-state index in [2.05, 4.69) is 79.7 Å². The first kappa shape index (κ1) is 24.4. The van der Waals surface area contributed by atoms with Crippen LogP contribution in [-0.4, -0.2) is 38.6 Å². The lowest BCUT2D eigenvalue weighted by molar-refractivity contribution is 0.258. The molecule has 2 saturated heterocycles. The van der Waals surface area contributed by atoms with Gasteiger partial charge in [-0.1, -0.05) is 53.3 Å². The van der Waals surface area contributed by atoms with Crippen LogP contribution in [0.5, 0.6) is 11.5 Å². The van der Waals surface area contributed by atoms with Gasteiger partial charge in [-0.25, -0.2) is 0 Å². The van der Waals surface area contributed by atoms with E-state index in [4.69, 9.17) is 18.9 Å². The molecule has 2 aromatic carbocycles. The van der Waals surface area contributed by atoms with Crippen molar-refractivity contribution in [1.82, 2.24) is 0 Å². The summed E-state index contributed by atoms with van der Waals surface area (Å²) in [5, 5.41) is 0. The van der Waals surface area contributed by atoms with Crippen molar-refractivity contribution in [3.05, 3.63) is 46.5 Å². The summed E-state index contributed by atoms with van der Waals surface area (Å²) in [7, 11) is 0. The average Bonchev–Trinajstić information content (AvgIpc) is 3.60. The zero-order valence-electron chi connectivity index (χ0n) is 21.3. The molecule has 0 aliphatic carbocycles. The number of hydrogen-bond acceptors (Lipinski definition) is 5. The molecule has 4 nitrogen and oxygen atoms in total. The quantitative estimate of drug-likeness (QED) is 0.406. The molecule has 0 saturated carbocycles. The minimum Gasteiger partial charge on any atom is -0.490 e. The summed E-state index contributed by atoms with van der Waals surface area (Å²) in [5.74, 6) is 1.94. The summed E-state index contributed by atoms with van der Waals surface area (Å²) in [5.41, 5.74) is 4.88. The zero-order valence-corrected chi connectivity index (χ0v) is 22.2. The van der Waals surface area contributed by atoms with Crippen molar-refractivity contribution >= 4 is 11.8 Å². The van der Waals surface area contributed by atoms with Gasteiger partial charge in [0, 0.05) is 20.9 Å². The highest BCUT2D eigenvalue weighted by molar-refractivity contribution is 7.99. The molecule has 2 unspecified atom stereocenters. The Bertz CT molecular complexity index is 927. The average molecular weight is 471 g/mol. The molecule has 2 aliphatic rings. The standard InChI is InChI=1S/C28H38O4S/c1-17-9-23(31-15-19-13-29-19)21(27(3,4)5)11-25(17)33-26-12-22(28(6,7)8)24(10-18(26)2)32-16-20-14-30-20/h9-12,19-20H,13-16H2,1-8H3. The van der Waals surface area contributed by atoms with Crippen LogP contribution in [0.1, 0.15) is 63.8 Å². The first-order valence-corrected chi connectivity index (χ1v) is 12.7. The van der Waals surface area contributed by atoms with Crippen LogP contribution in [-0.2, 0) is 20.3 Å². The van der Waals surface area contributed by atoms with Gasteiger partial charge in [0.2, 0.25) is 0 Å². The molecule has 2 atom stereocenters. The molecular formula is C28H38O4S. The number of benzene rings is 2. The molecule has 4 rings (SSSR count). The second-order valence-corrected chi connectivity index (χ2v) is 12.4. The third kappa shape index (κ3) is 6.26. The number of rotatable bonds is 8. The van der Waals surface area contributed by atoms with E-state index in [0.29, 0.717) is 13.2 Å². The van der Waals surface area contributed by atoms with Gasteiger partial charge in [-0.2, -0.15) is 0 Å². The van der Waals surface area contributed by atoms with Gasteiger partial charge in [0.15, 0.2) is 0 Å². The minimum atomic E-state index is -0.0169. The summed E-state index contributed by atoms with van der Waals surface area (Å²) < 4.78 is 23.0. The topological polar surface area (TPSA) is 43.5 Å². The molecule has 5 heteroatoms. The van der Waals surface area contributed by atoms with Crippen molar-refractivity contribution in [1.29, 1.82) is 0 Å². The summed E-state index contributed by atoms with van der Waals surface area (Å²) in [6, 6.07) is 9.01. The Morgan fingerprint density at radius 2 is 1.09 bits per heavy atom. The Morgan fingerprint density at radius 3 is 1.39 bits per heavy atom. The predicted octanol–water partition coefficient (Wildman–Crippen LogP) is 6.60. The van der Waals surface area contributed by atoms with Crippen LogP contribution in [0.3, 0.4) is 0 Å². The zero-order chi connectivity index (χ0) is 24.0. The van der Waals surface area contributed by atoms with Crippen LogP contribution in [0, 0.1) is 13.8 Å². The van der Waals surface area contributed by atoms with E-state index in [-0.39, 0.29) is 23.0 Å². The fourth-order valence-corrected chi connectivity index (χ4v) is 4.80. The van der Waals surface area contributed by atoms with Crippen molar-refractivity contribution in [2.45, 2.75) is 88.2 Å². The second-order valence-electron chi connectivity index (χ2n) is 11.4. The van der Waals surface area contributed by atoms with Crippen LogP contribution in [0.15, 0.2) is 34.1 Å². The maximum absolute atomic E-state index is 6.17. The minimum absolute atomic E-state index is 0.0169. The van der Waals surface area contributed by atoms with E-state index in [9.17, 15) is 0 Å². The van der Waals surface area contributed by atoms with Gasteiger partial charge in [0.05, 0.1) is 13.2 Å². The lowest BCUT2D eigenvalue weighted by Crippen LogP contribution is -2.16. The molecule has 0 aromatic heterocycles. The number of aryl methyl sites for hydroxylation is 2. The van der Waals surface area contributed by atoms with Crippen molar-refractivity contribution < 1.29 is 18.9 Å². The van der Waals surface area contributed by atoms with E-state index in [1.54, 1.807) is 0 Å². The van der Waals surface area contributed by atoms with Gasteiger partial charge >= 0.3 is 0 Å². The highest BCUT2D eigenvalue weighted by Gasteiger charge is 2.28. The van der Waals surface area contributed by atoms with Crippen LogP contribution in [0.2, 0.25) is 0 Å². The third-order valence-corrected chi connectivity index (χ3v) is 7.36. The molecule has 0 amide bonds. The number of hydrogen-bond donors (Lipinski definition) is 0. The lowest BCUT2D eigenvalue weighted by atomic mass is 9.85. The van der Waals surface area contributed by atoms with Crippen LogP contribution in [0.25, 0.3) is 0 Å². The van der Waals surface area contributed by atoms with Crippen molar-refractivity contribution in [2.24, 2.45) is 0 Å². The molecular weight excluding hydrogens is 432 g/mol. The van der Waals surface area contributed by atoms with E-state index >= 15 is 0 Å². The fourth-order valence-electron chi connectivity index (χ4n) is 3.77. The van der Waals surface area contributed by atoms with E-state index in [1.807, 2.05) is 11.8 Å². The third-order valence-electron chi connectivity index (χ3n) is 6.04. The van der Waals surface area contributed by atoms with Gasteiger partial charge in [-0.15, -0.1) is 0 Å². The normalized spacial score (nSPS) is 20.0. The highest BCUT2D eigenvalue weighted by atomic mass is 32.2. The Kier molecular flexibility index (Phi) is 6.78. The predicted molar refractivity (Wildman–Crippen MR) is 134 cm³/mol. The van der Waals surface area contributed by atoms with Crippen LogP contribution < -0.4 is 9.47 Å². The SMILES string of the molecule is Cc1cc(OCC2CO2)c(C(C)(C)C)cc1Sc1cc(C(C)(C)C)c(OCC2CO2)cc1C. The Balaban J connectivity index is 1.65. The van der Waals surface area contributed by atoms with Gasteiger partial charge in [-0.3, -0.25) is 0 Å². The molecule has 2 fully saturated rings. The largest absolute Gasteiger partial charge is 0.490 e. The van der Waals surface area contributed by atoms with E-state index in [1.165, 1.54) is 32.0 Å². The molecule has 0 N–H and O–H groups in total. The first-order valence-electron chi connectivity index (χ1n) is 11.9. The van der Waals surface area contributed by atoms with Crippen molar-refractivity contribution in [3.63, 3.8) is 0 Å². The number of epoxide rings is 2. The molecule has 33 heavy (non-hydrogen) atoms. The Labute approximate surface area is 203 Å². The molecule has 180 valence electrons. The molecule has 0 radical (unpaired) electrons. The summed E-state index contributed by atoms with van der Waals surface area (Å²) >= 11 is 1.83. The van der Waals surface area contributed by atoms with E-state index in [0.717, 1.165) is 24.7 Å². The maximum Gasteiger partial charge on any atom is 0.123 e. The molecule has 0 spiro atoms. The van der Waals surface area contributed by atoms with Gasteiger partial charge < -0.3 is 18.9 Å². The summed E-state index contributed by atoms with van der Waals surface area (Å²) in [6.07, 6.45) is 0.496. The van der Waals surface area contributed by atoms with Crippen molar-refractivity contribution in [3.8, 4) is 11.5 Å². The van der Waals surface area contributed by atoms with Crippen LogP contribution in [0.4, 0.5) is 0 Å². The fraction of sp³-hybridized carbons (Fsp3) is 0.571. The number of ether oxygens (including phenoxy) is 4. The molecule has 2 heterocycles. The smallest absolute Gasteiger partial charge is 0.123 e. The molecule has 0 bridgehead atoms. The monoisotopic (exact) mass is 470 g/mol. The summed E-state index contributed by atoms with van der Waals surface area (Å²) in [4.78, 5) is 2.52. The van der Waals surface area contributed by atoms with Crippen molar-refractivity contribution in [2.75, 3.05) is 26.4 Å². The molecule has 2 aromatic rings.